The third-order valence-corrected chi connectivity index (χ3v) is 4.37. The van der Waals surface area contributed by atoms with Gasteiger partial charge in [0.05, 0.1) is 11.5 Å². The molecule has 14 heavy (non-hydrogen) atoms. The Bertz CT molecular complexity index is 331. The van der Waals surface area contributed by atoms with Crippen LogP contribution >= 0.6 is 0 Å². The molecule has 0 amide bonds. The molecule has 3 N–H and O–H groups in total. The Morgan fingerprint density at radius 1 is 1.57 bits per heavy atom. The molecule has 1 saturated heterocycles. The summed E-state index contributed by atoms with van der Waals surface area (Å²) >= 11 is 0. The lowest BCUT2D eigenvalue weighted by molar-refractivity contribution is 0.377. The van der Waals surface area contributed by atoms with Crippen molar-refractivity contribution in [3.63, 3.8) is 0 Å². The van der Waals surface area contributed by atoms with Crippen LogP contribution in [0, 0.1) is 12.3 Å². The van der Waals surface area contributed by atoms with Gasteiger partial charge < -0.3 is 11.1 Å². The van der Waals surface area contributed by atoms with Crippen LogP contribution in [0.4, 0.5) is 0 Å². The smallest absolute Gasteiger partial charge is 0.152 e. The molecule has 0 spiro atoms. The predicted molar refractivity (Wildman–Crippen MR) is 56.5 cm³/mol. The first-order valence-corrected chi connectivity index (χ1v) is 6.45. The summed E-state index contributed by atoms with van der Waals surface area (Å²) in [5.74, 6) is 2.87. The van der Waals surface area contributed by atoms with Crippen molar-refractivity contribution in [3.8, 4) is 12.3 Å². The summed E-state index contributed by atoms with van der Waals surface area (Å²) in [5.41, 5.74) is 5.16. The number of nitrogens with two attached hydrogens (primary N) is 1. The van der Waals surface area contributed by atoms with E-state index in [2.05, 4.69) is 11.2 Å². The molecule has 0 saturated carbocycles. The van der Waals surface area contributed by atoms with Crippen LogP contribution in [-0.2, 0) is 9.84 Å². The van der Waals surface area contributed by atoms with Crippen molar-refractivity contribution in [1.29, 1.82) is 0 Å². The monoisotopic (exact) mass is 216 g/mol. The van der Waals surface area contributed by atoms with Crippen LogP contribution in [0.5, 0.6) is 0 Å². The Morgan fingerprint density at radius 2 is 2.29 bits per heavy atom. The summed E-state index contributed by atoms with van der Waals surface area (Å²) in [6.07, 6.45) is 6.30. The van der Waals surface area contributed by atoms with E-state index in [0.717, 1.165) is 0 Å². The maximum atomic E-state index is 11.3. The number of hydrogen-bond acceptors (Lipinski definition) is 4. The van der Waals surface area contributed by atoms with Gasteiger partial charge in [0.15, 0.2) is 9.84 Å². The number of terminal acetylenes is 1. The largest absolute Gasteiger partial charge is 0.329 e. The highest BCUT2D eigenvalue weighted by Gasteiger charge is 2.40. The van der Waals surface area contributed by atoms with Gasteiger partial charge in [0.2, 0.25) is 0 Å². The molecule has 4 nitrogen and oxygen atoms in total. The first-order valence-electron chi connectivity index (χ1n) is 4.63. The fourth-order valence-electron chi connectivity index (χ4n) is 1.69. The number of sulfone groups is 1. The molecule has 1 unspecified atom stereocenters. The highest BCUT2D eigenvalue weighted by molar-refractivity contribution is 7.91. The summed E-state index contributed by atoms with van der Waals surface area (Å²) in [5, 5.41) is 3.15. The minimum absolute atomic E-state index is 0.140. The lowest BCUT2D eigenvalue weighted by atomic mass is 9.99. The predicted octanol–water partition coefficient (Wildman–Crippen LogP) is -0.885. The summed E-state index contributed by atoms with van der Waals surface area (Å²) in [6.45, 7) is 0.972. The van der Waals surface area contributed by atoms with Gasteiger partial charge in [-0.15, -0.1) is 12.3 Å². The second-order valence-corrected chi connectivity index (χ2v) is 5.89. The average Bonchev–Trinajstić information content (AvgIpc) is 2.44. The Hall–Kier alpha value is -0.570. The molecule has 1 aliphatic heterocycles. The van der Waals surface area contributed by atoms with E-state index in [1.807, 2.05) is 0 Å². The molecule has 1 fully saturated rings. The van der Waals surface area contributed by atoms with Gasteiger partial charge in [0, 0.05) is 25.0 Å². The summed E-state index contributed by atoms with van der Waals surface area (Å²) in [4.78, 5) is 0. The summed E-state index contributed by atoms with van der Waals surface area (Å²) < 4.78 is 22.6. The molecule has 1 rings (SSSR count). The fourth-order valence-corrected chi connectivity index (χ4v) is 3.74. The minimum atomic E-state index is -2.90. The Kier molecular flexibility index (Phi) is 3.53. The van der Waals surface area contributed by atoms with E-state index in [1.54, 1.807) is 0 Å². The summed E-state index contributed by atoms with van der Waals surface area (Å²) in [6, 6.07) is 0. The van der Waals surface area contributed by atoms with Gasteiger partial charge in [0.1, 0.15) is 0 Å². The van der Waals surface area contributed by atoms with Crippen molar-refractivity contribution in [2.75, 3.05) is 24.6 Å². The zero-order chi connectivity index (χ0) is 10.7. The molecule has 0 aromatic rings. The first-order chi connectivity index (χ1) is 6.54. The molecule has 1 heterocycles. The Labute approximate surface area is 85.2 Å². The van der Waals surface area contributed by atoms with Crippen LogP contribution in [-0.4, -0.2) is 38.6 Å². The quantitative estimate of drug-likeness (QED) is 0.472. The molecule has 5 heteroatoms. The Balaban J connectivity index is 2.57. The molecule has 0 aliphatic carbocycles. The van der Waals surface area contributed by atoms with Gasteiger partial charge in [-0.1, -0.05) is 0 Å². The van der Waals surface area contributed by atoms with Crippen molar-refractivity contribution >= 4 is 9.84 Å². The molecule has 0 aromatic heterocycles. The van der Waals surface area contributed by atoms with E-state index in [0.29, 0.717) is 25.9 Å². The van der Waals surface area contributed by atoms with Crippen LogP contribution in [0.1, 0.15) is 12.8 Å². The second kappa shape index (κ2) is 4.30. The van der Waals surface area contributed by atoms with E-state index in [1.165, 1.54) is 0 Å². The van der Waals surface area contributed by atoms with Crippen LogP contribution < -0.4 is 11.1 Å². The minimum Gasteiger partial charge on any atom is -0.329 e. The zero-order valence-electron chi connectivity index (χ0n) is 8.12. The fraction of sp³-hybridized carbons (Fsp3) is 0.778. The number of hydrogen-bond donors (Lipinski definition) is 2. The maximum Gasteiger partial charge on any atom is 0.152 e. The standard InChI is InChI=1S/C9H16N2O2S/c1-2-3-5-11-9(7-10)4-6-14(12,13)8-9/h1,11H,3-8,10H2. The first kappa shape index (κ1) is 11.5. The highest BCUT2D eigenvalue weighted by atomic mass is 32.2. The SMILES string of the molecule is C#CCCNC1(CN)CCS(=O)(=O)C1. The third kappa shape index (κ3) is 2.71. The lowest BCUT2D eigenvalue weighted by Crippen LogP contribution is -2.52. The van der Waals surface area contributed by atoms with Crippen LogP contribution in [0.3, 0.4) is 0 Å². The average molecular weight is 216 g/mol. The van der Waals surface area contributed by atoms with Crippen LogP contribution in [0.2, 0.25) is 0 Å². The molecule has 0 radical (unpaired) electrons. The van der Waals surface area contributed by atoms with Crippen LogP contribution in [0.15, 0.2) is 0 Å². The second-order valence-electron chi connectivity index (χ2n) is 3.71. The highest BCUT2D eigenvalue weighted by Crippen LogP contribution is 2.22. The van der Waals surface area contributed by atoms with E-state index in [9.17, 15) is 8.42 Å². The van der Waals surface area contributed by atoms with Crippen molar-refractivity contribution in [3.05, 3.63) is 0 Å². The van der Waals surface area contributed by atoms with Gasteiger partial charge in [-0.05, 0) is 6.42 Å². The lowest BCUT2D eigenvalue weighted by Gasteiger charge is -2.26. The van der Waals surface area contributed by atoms with Crippen molar-refractivity contribution < 1.29 is 8.42 Å². The van der Waals surface area contributed by atoms with Gasteiger partial charge in [-0.25, -0.2) is 8.42 Å². The van der Waals surface area contributed by atoms with Crippen molar-refractivity contribution in [2.45, 2.75) is 18.4 Å². The number of nitrogens with one attached hydrogen (secondary N) is 1. The topological polar surface area (TPSA) is 72.2 Å². The molecule has 1 atom stereocenters. The van der Waals surface area contributed by atoms with E-state index >= 15 is 0 Å². The van der Waals surface area contributed by atoms with Crippen molar-refractivity contribution in [2.24, 2.45) is 5.73 Å². The maximum absolute atomic E-state index is 11.3. The van der Waals surface area contributed by atoms with E-state index < -0.39 is 15.4 Å². The zero-order valence-corrected chi connectivity index (χ0v) is 8.94. The molecule has 1 aliphatic rings. The van der Waals surface area contributed by atoms with E-state index in [-0.39, 0.29) is 11.5 Å². The van der Waals surface area contributed by atoms with E-state index in [4.69, 9.17) is 12.2 Å². The van der Waals surface area contributed by atoms with Gasteiger partial charge >= 0.3 is 0 Å². The Morgan fingerprint density at radius 3 is 2.71 bits per heavy atom. The van der Waals surface area contributed by atoms with Gasteiger partial charge in [-0.3, -0.25) is 0 Å². The molecule has 0 aromatic carbocycles. The molecule has 0 bridgehead atoms. The third-order valence-electron chi connectivity index (χ3n) is 2.55. The van der Waals surface area contributed by atoms with Gasteiger partial charge in [-0.2, -0.15) is 0 Å². The number of rotatable bonds is 4. The van der Waals surface area contributed by atoms with Crippen molar-refractivity contribution in [1.82, 2.24) is 5.32 Å². The molecular weight excluding hydrogens is 200 g/mol. The van der Waals surface area contributed by atoms with Crippen LogP contribution in [0.25, 0.3) is 0 Å². The van der Waals surface area contributed by atoms with Gasteiger partial charge in [0.25, 0.3) is 0 Å². The molecule has 80 valence electrons. The normalized spacial score (nSPS) is 30.0. The summed E-state index contributed by atoms with van der Waals surface area (Å²) in [7, 11) is -2.90. The molecular formula is C9H16N2O2S.